The first-order valence-electron chi connectivity index (χ1n) is 5.88. The molecule has 0 fully saturated rings. The fourth-order valence-electron chi connectivity index (χ4n) is 1.36. The van der Waals surface area contributed by atoms with Crippen molar-refractivity contribution in [3.63, 3.8) is 0 Å². The largest absolute Gasteiger partial charge is 0.492 e. The summed E-state index contributed by atoms with van der Waals surface area (Å²) in [5.74, 6) is 1.33. The molecule has 0 radical (unpaired) electrons. The first kappa shape index (κ1) is 14.6. The lowest BCUT2D eigenvalue weighted by Gasteiger charge is -2.10. The highest BCUT2D eigenvalue weighted by Gasteiger charge is 2.02. The molecular formula is C13H19Cl2NO. The normalized spacial score (nSPS) is 10.9. The summed E-state index contributed by atoms with van der Waals surface area (Å²) in [5, 5.41) is 4.60. The second-order valence-electron chi connectivity index (χ2n) is 4.37. The topological polar surface area (TPSA) is 21.3 Å². The van der Waals surface area contributed by atoms with Crippen molar-refractivity contribution in [2.45, 2.75) is 20.3 Å². The summed E-state index contributed by atoms with van der Waals surface area (Å²) in [6, 6.07) is 5.24. The van der Waals surface area contributed by atoms with Gasteiger partial charge in [0.25, 0.3) is 0 Å². The Morgan fingerprint density at radius 2 is 2.06 bits per heavy atom. The van der Waals surface area contributed by atoms with E-state index in [1.807, 2.05) is 0 Å². The minimum atomic E-state index is 0.601. The number of rotatable bonds is 7. The second kappa shape index (κ2) is 7.80. The van der Waals surface area contributed by atoms with Crippen molar-refractivity contribution in [2.75, 3.05) is 19.7 Å². The fraction of sp³-hybridized carbons (Fsp3) is 0.538. The van der Waals surface area contributed by atoms with Crippen LogP contribution in [0.15, 0.2) is 18.2 Å². The summed E-state index contributed by atoms with van der Waals surface area (Å²) in [6.45, 7) is 7.02. The van der Waals surface area contributed by atoms with Crippen LogP contribution in [0.4, 0.5) is 0 Å². The van der Waals surface area contributed by atoms with Crippen molar-refractivity contribution in [3.8, 4) is 5.75 Å². The standard InChI is InChI=1S/C13H19Cl2NO/c1-10(2)9-16-6-3-7-17-13-8-11(14)4-5-12(13)15/h4-5,8,10,16H,3,6-7,9H2,1-2H3. The predicted molar refractivity (Wildman–Crippen MR) is 74.3 cm³/mol. The smallest absolute Gasteiger partial charge is 0.139 e. The molecule has 0 aliphatic heterocycles. The Morgan fingerprint density at radius 1 is 1.29 bits per heavy atom. The molecule has 0 aliphatic carbocycles. The number of benzene rings is 1. The Morgan fingerprint density at radius 3 is 2.76 bits per heavy atom. The van der Waals surface area contributed by atoms with Crippen molar-refractivity contribution in [1.29, 1.82) is 0 Å². The number of hydrogen-bond donors (Lipinski definition) is 1. The van der Waals surface area contributed by atoms with Gasteiger partial charge in [-0.2, -0.15) is 0 Å². The first-order chi connectivity index (χ1) is 8.09. The van der Waals surface area contributed by atoms with E-state index in [0.717, 1.165) is 19.5 Å². The molecule has 0 unspecified atom stereocenters. The van der Waals surface area contributed by atoms with Crippen LogP contribution in [0.5, 0.6) is 5.75 Å². The molecule has 0 spiro atoms. The maximum Gasteiger partial charge on any atom is 0.139 e. The van der Waals surface area contributed by atoms with Gasteiger partial charge in [-0.15, -0.1) is 0 Å². The average Bonchev–Trinajstić information content (AvgIpc) is 2.27. The quantitative estimate of drug-likeness (QED) is 0.760. The van der Waals surface area contributed by atoms with Crippen LogP contribution < -0.4 is 10.1 Å². The average molecular weight is 276 g/mol. The van der Waals surface area contributed by atoms with Gasteiger partial charge in [0.05, 0.1) is 11.6 Å². The number of nitrogens with one attached hydrogen (secondary N) is 1. The molecule has 0 saturated carbocycles. The number of halogens is 2. The molecule has 0 atom stereocenters. The van der Waals surface area contributed by atoms with Crippen LogP contribution in [0.3, 0.4) is 0 Å². The predicted octanol–water partition coefficient (Wildman–Crippen LogP) is 4.01. The van der Waals surface area contributed by atoms with Crippen LogP contribution >= 0.6 is 23.2 Å². The van der Waals surface area contributed by atoms with Crippen LogP contribution in [0.2, 0.25) is 10.0 Å². The van der Waals surface area contributed by atoms with E-state index in [1.54, 1.807) is 18.2 Å². The molecular weight excluding hydrogens is 257 g/mol. The summed E-state index contributed by atoms with van der Waals surface area (Å²) in [7, 11) is 0. The maximum atomic E-state index is 5.98. The van der Waals surface area contributed by atoms with Gasteiger partial charge in [-0.3, -0.25) is 0 Å². The van der Waals surface area contributed by atoms with Crippen LogP contribution in [0, 0.1) is 5.92 Å². The highest BCUT2D eigenvalue weighted by Crippen LogP contribution is 2.27. The van der Waals surface area contributed by atoms with Crippen molar-refractivity contribution < 1.29 is 4.74 Å². The summed E-state index contributed by atoms with van der Waals surface area (Å²) in [6.07, 6.45) is 0.954. The number of ether oxygens (including phenoxy) is 1. The molecule has 17 heavy (non-hydrogen) atoms. The zero-order valence-corrected chi connectivity index (χ0v) is 11.8. The molecule has 0 amide bonds. The first-order valence-corrected chi connectivity index (χ1v) is 6.63. The van der Waals surface area contributed by atoms with Crippen LogP contribution in [-0.4, -0.2) is 19.7 Å². The molecule has 1 aromatic rings. The summed E-state index contributed by atoms with van der Waals surface area (Å²) in [4.78, 5) is 0. The second-order valence-corrected chi connectivity index (χ2v) is 5.22. The van der Waals surface area contributed by atoms with Gasteiger partial charge in [0.15, 0.2) is 0 Å². The van der Waals surface area contributed by atoms with Gasteiger partial charge in [-0.05, 0) is 37.6 Å². The van der Waals surface area contributed by atoms with Crippen LogP contribution in [-0.2, 0) is 0 Å². The summed E-state index contributed by atoms with van der Waals surface area (Å²) in [5.41, 5.74) is 0. The third-order valence-electron chi connectivity index (χ3n) is 2.20. The van der Waals surface area contributed by atoms with Crippen molar-refractivity contribution in [2.24, 2.45) is 5.92 Å². The Kier molecular flexibility index (Phi) is 6.71. The molecule has 0 aromatic heterocycles. The van der Waals surface area contributed by atoms with Gasteiger partial charge in [0.1, 0.15) is 5.75 Å². The van der Waals surface area contributed by atoms with Crippen molar-refractivity contribution in [1.82, 2.24) is 5.32 Å². The van der Waals surface area contributed by atoms with E-state index in [9.17, 15) is 0 Å². The monoisotopic (exact) mass is 275 g/mol. The molecule has 1 rings (SSSR count). The lowest BCUT2D eigenvalue weighted by atomic mass is 10.2. The Bertz CT molecular complexity index is 342. The summed E-state index contributed by atoms with van der Waals surface area (Å²) >= 11 is 11.8. The molecule has 4 heteroatoms. The van der Waals surface area contributed by atoms with E-state index in [1.165, 1.54) is 0 Å². The molecule has 0 saturated heterocycles. The molecule has 0 bridgehead atoms. The van der Waals surface area contributed by atoms with E-state index < -0.39 is 0 Å². The number of hydrogen-bond acceptors (Lipinski definition) is 2. The minimum absolute atomic E-state index is 0.601. The van der Waals surface area contributed by atoms with Crippen LogP contribution in [0.25, 0.3) is 0 Å². The van der Waals surface area contributed by atoms with Gasteiger partial charge in [-0.1, -0.05) is 37.0 Å². The molecule has 96 valence electrons. The Hall–Kier alpha value is -0.440. The Balaban J connectivity index is 2.20. The fourth-order valence-corrected chi connectivity index (χ4v) is 1.69. The Labute approximate surface area is 113 Å². The zero-order chi connectivity index (χ0) is 12.7. The lowest BCUT2D eigenvalue weighted by Crippen LogP contribution is -2.22. The molecule has 1 aromatic carbocycles. The van der Waals surface area contributed by atoms with E-state index in [0.29, 0.717) is 28.3 Å². The molecule has 0 heterocycles. The van der Waals surface area contributed by atoms with Crippen molar-refractivity contribution >= 4 is 23.2 Å². The van der Waals surface area contributed by atoms with Gasteiger partial charge in [-0.25, -0.2) is 0 Å². The SMILES string of the molecule is CC(C)CNCCCOc1cc(Cl)ccc1Cl. The third-order valence-corrected chi connectivity index (χ3v) is 2.75. The highest BCUT2D eigenvalue weighted by atomic mass is 35.5. The molecule has 1 N–H and O–H groups in total. The van der Waals surface area contributed by atoms with E-state index in [2.05, 4.69) is 19.2 Å². The van der Waals surface area contributed by atoms with Crippen molar-refractivity contribution in [3.05, 3.63) is 28.2 Å². The third kappa shape index (κ3) is 6.16. The maximum absolute atomic E-state index is 5.98. The molecule has 0 aliphatic rings. The highest BCUT2D eigenvalue weighted by molar-refractivity contribution is 6.34. The molecule has 2 nitrogen and oxygen atoms in total. The van der Waals surface area contributed by atoms with Gasteiger partial charge < -0.3 is 10.1 Å². The summed E-state index contributed by atoms with van der Waals surface area (Å²) < 4.78 is 5.57. The van der Waals surface area contributed by atoms with Gasteiger partial charge in [0.2, 0.25) is 0 Å². The van der Waals surface area contributed by atoms with Gasteiger partial charge >= 0.3 is 0 Å². The van der Waals surface area contributed by atoms with Gasteiger partial charge in [0, 0.05) is 11.1 Å². The lowest BCUT2D eigenvalue weighted by molar-refractivity contribution is 0.307. The van der Waals surface area contributed by atoms with Crippen LogP contribution in [0.1, 0.15) is 20.3 Å². The van der Waals surface area contributed by atoms with E-state index in [-0.39, 0.29) is 0 Å². The van der Waals surface area contributed by atoms with E-state index in [4.69, 9.17) is 27.9 Å². The van der Waals surface area contributed by atoms with E-state index >= 15 is 0 Å². The minimum Gasteiger partial charge on any atom is -0.492 e. The zero-order valence-electron chi connectivity index (χ0n) is 10.3.